The zero-order valence-corrected chi connectivity index (χ0v) is 17.3. The lowest BCUT2D eigenvalue weighted by molar-refractivity contribution is -0.137. The second kappa shape index (κ2) is 6.97. The van der Waals surface area contributed by atoms with Gasteiger partial charge in [-0.05, 0) is 73.7 Å². The van der Waals surface area contributed by atoms with Gasteiger partial charge < -0.3 is 23.7 Å². The molecule has 0 atom stereocenters. The summed E-state index contributed by atoms with van der Waals surface area (Å²) in [5.41, 5.74) is -0.922. The number of hydrogen-bond acceptors (Lipinski definition) is 5. The molecule has 0 aromatic rings. The van der Waals surface area contributed by atoms with Crippen LogP contribution in [0.1, 0.15) is 74.7 Å². The number of aliphatic carboxylic acids is 1. The highest BCUT2D eigenvalue weighted by molar-refractivity contribution is 6.60. The van der Waals surface area contributed by atoms with Gasteiger partial charge in [0.2, 0.25) is 0 Å². The number of carbonyl (C=O) groups is 1. The molecule has 2 heterocycles. The van der Waals surface area contributed by atoms with Gasteiger partial charge >= 0.3 is 20.2 Å². The third kappa shape index (κ3) is 4.35. The van der Waals surface area contributed by atoms with Gasteiger partial charge in [-0.1, -0.05) is 5.98 Å². The van der Waals surface area contributed by atoms with Crippen molar-refractivity contribution in [2.24, 2.45) is 0 Å². The van der Waals surface area contributed by atoms with E-state index in [1.165, 1.54) is 0 Å². The Morgan fingerprint density at radius 3 is 1.65 bits per heavy atom. The molecule has 2 rings (SSSR count). The molecule has 0 amide bonds. The summed E-state index contributed by atoms with van der Waals surface area (Å²) in [4.78, 5) is 10.9. The molecule has 0 saturated carbocycles. The number of rotatable bonds is 6. The Balaban J connectivity index is 2.21. The molecule has 8 heteroatoms. The molecule has 0 aliphatic carbocycles. The Kier molecular flexibility index (Phi) is 5.76. The summed E-state index contributed by atoms with van der Waals surface area (Å²) in [6.45, 7) is 16.0. The maximum Gasteiger partial charge on any atom is 0.489 e. The molecule has 146 valence electrons. The Hall–Kier alpha value is -0.820. The first-order chi connectivity index (χ1) is 11.7. The van der Waals surface area contributed by atoms with Crippen molar-refractivity contribution in [3.8, 4) is 0 Å². The molecule has 0 bridgehead atoms. The average Bonchev–Trinajstić information content (AvgIpc) is 2.76. The quantitative estimate of drug-likeness (QED) is 0.727. The van der Waals surface area contributed by atoms with E-state index in [2.05, 4.69) is 0 Å². The van der Waals surface area contributed by atoms with Crippen molar-refractivity contribution >= 4 is 20.2 Å². The number of hydrogen-bond donors (Lipinski definition) is 1. The standard InChI is InChI=1S/C18H32B2O6/c1-15(2)16(3,4)24-19(23-15)12-13(10-9-11-14(21)22)20-25-17(5,6)18(7,8)26-20/h12H,9-11H2,1-8H3,(H,21,22)/b13-12+. The minimum absolute atomic E-state index is 0.0974. The summed E-state index contributed by atoms with van der Waals surface area (Å²) < 4.78 is 24.4. The van der Waals surface area contributed by atoms with E-state index in [9.17, 15) is 4.79 Å². The first-order valence-electron chi connectivity index (χ1n) is 9.30. The number of allylic oxidation sites excluding steroid dienone is 1. The molecule has 2 aliphatic heterocycles. The first kappa shape index (κ1) is 21.5. The fraction of sp³-hybridized carbons (Fsp3) is 0.833. The van der Waals surface area contributed by atoms with Crippen LogP contribution in [0.2, 0.25) is 0 Å². The second-order valence-electron chi connectivity index (χ2n) is 9.20. The van der Waals surface area contributed by atoms with Gasteiger partial charge in [0.25, 0.3) is 0 Å². The molecule has 0 aromatic carbocycles. The Morgan fingerprint density at radius 2 is 1.23 bits per heavy atom. The third-order valence-corrected chi connectivity index (χ3v) is 6.03. The SMILES string of the molecule is CC1(C)OB(/C=C(\CCCC(=O)O)B2OC(C)(C)C(C)(C)O2)OC1(C)C. The fourth-order valence-corrected chi connectivity index (χ4v) is 2.85. The molecular formula is C18H32B2O6. The van der Waals surface area contributed by atoms with Crippen molar-refractivity contribution in [2.75, 3.05) is 0 Å². The van der Waals surface area contributed by atoms with Gasteiger partial charge in [0.1, 0.15) is 0 Å². The summed E-state index contributed by atoms with van der Waals surface area (Å²) in [7, 11) is -1.05. The maximum absolute atomic E-state index is 10.9. The van der Waals surface area contributed by atoms with Crippen molar-refractivity contribution in [1.29, 1.82) is 0 Å². The highest BCUT2D eigenvalue weighted by atomic mass is 16.7. The van der Waals surface area contributed by atoms with Crippen molar-refractivity contribution in [3.05, 3.63) is 11.4 Å². The largest absolute Gasteiger partial charge is 0.489 e. The summed E-state index contributed by atoms with van der Waals surface area (Å²) in [6, 6.07) is 0. The smallest absolute Gasteiger partial charge is 0.481 e. The van der Waals surface area contributed by atoms with Gasteiger partial charge in [-0.15, -0.1) is 0 Å². The lowest BCUT2D eigenvalue weighted by Gasteiger charge is -2.32. The van der Waals surface area contributed by atoms with Gasteiger partial charge in [0, 0.05) is 6.42 Å². The minimum atomic E-state index is -0.811. The molecule has 0 aromatic heterocycles. The summed E-state index contributed by atoms with van der Waals surface area (Å²) >= 11 is 0. The van der Waals surface area contributed by atoms with E-state index in [1.54, 1.807) is 0 Å². The molecule has 2 fully saturated rings. The highest BCUT2D eigenvalue weighted by Crippen LogP contribution is 2.41. The van der Waals surface area contributed by atoms with Crippen molar-refractivity contribution in [2.45, 2.75) is 97.1 Å². The Bertz CT molecular complexity index is 550. The maximum atomic E-state index is 10.9. The van der Waals surface area contributed by atoms with Crippen LogP contribution in [0, 0.1) is 0 Å². The van der Waals surface area contributed by atoms with E-state index in [0.717, 1.165) is 5.47 Å². The summed E-state index contributed by atoms with van der Waals surface area (Å²) in [5, 5.41) is 8.95. The van der Waals surface area contributed by atoms with E-state index in [0.29, 0.717) is 12.8 Å². The predicted molar refractivity (Wildman–Crippen MR) is 102 cm³/mol. The molecule has 0 radical (unpaired) electrons. The van der Waals surface area contributed by atoms with Crippen LogP contribution in [0.5, 0.6) is 0 Å². The third-order valence-electron chi connectivity index (χ3n) is 6.03. The fourth-order valence-electron chi connectivity index (χ4n) is 2.85. The van der Waals surface area contributed by atoms with Gasteiger partial charge in [0.15, 0.2) is 0 Å². The Labute approximate surface area is 157 Å². The first-order valence-corrected chi connectivity index (χ1v) is 9.30. The molecule has 0 spiro atoms. The predicted octanol–water partition coefficient (Wildman–Crippen LogP) is 3.43. The molecule has 2 saturated heterocycles. The van der Waals surface area contributed by atoms with E-state index in [1.807, 2.05) is 61.4 Å². The van der Waals surface area contributed by atoms with Crippen LogP contribution in [0.4, 0.5) is 0 Å². The second-order valence-corrected chi connectivity index (χ2v) is 9.20. The molecule has 6 nitrogen and oxygen atoms in total. The topological polar surface area (TPSA) is 74.2 Å². The van der Waals surface area contributed by atoms with Crippen LogP contribution < -0.4 is 0 Å². The minimum Gasteiger partial charge on any atom is -0.481 e. The van der Waals surface area contributed by atoms with Gasteiger partial charge in [0.05, 0.1) is 22.4 Å². The van der Waals surface area contributed by atoms with Crippen molar-refractivity contribution < 1.29 is 28.5 Å². The summed E-state index contributed by atoms with van der Waals surface area (Å²) in [6.07, 6.45) is 1.15. The van der Waals surface area contributed by atoms with E-state index in [4.69, 9.17) is 23.7 Å². The Morgan fingerprint density at radius 1 is 0.808 bits per heavy atom. The zero-order valence-electron chi connectivity index (χ0n) is 17.3. The normalized spacial score (nSPS) is 26.4. The molecular weight excluding hydrogens is 334 g/mol. The van der Waals surface area contributed by atoms with Crippen LogP contribution in [0.25, 0.3) is 0 Å². The van der Waals surface area contributed by atoms with E-state index >= 15 is 0 Å². The lowest BCUT2D eigenvalue weighted by atomic mass is 9.69. The van der Waals surface area contributed by atoms with Crippen molar-refractivity contribution in [3.63, 3.8) is 0 Å². The number of carboxylic acid groups (broad SMARTS) is 1. The average molecular weight is 366 g/mol. The van der Waals surface area contributed by atoms with Crippen LogP contribution in [-0.2, 0) is 23.4 Å². The lowest BCUT2D eigenvalue weighted by Crippen LogP contribution is -2.41. The highest BCUT2D eigenvalue weighted by Gasteiger charge is 2.54. The van der Waals surface area contributed by atoms with E-state index in [-0.39, 0.29) is 6.42 Å². The van der Waals surface area contributed by atoms with E-state index < -0.39 is 42.6 Å². The van der Waals surface area contributed by atoms with Crippen LogP contribution >= 0.6 is 0 Å². The van der Waals surface area contributed by atoms with Crippen LogP contribution in [0.3, 0.4) is 0 Å². The monoisotopic (exact) mass is 366 g/mol. The van der Waals surface area contributed by atoms with Gasteiger partial charge in [-0.25, -0.2) is 0 Å². The zero-order chi connectivity index (χ0) is 20.0. The van der Waals surface area contributed by atoms with Crippen molar-refractivity contribution in [1.82, 2.24) is 0 Å². The summed E-state index contributed by atoms with van der Waals surface area (Å²) in [5.74, 6) is 1.08. The molecule has 2 aliphatic rings. The van der Waals surface area contributed by atoms with Crippen LogP contribution in [-0.4, -0.2) is 47.7 Å². The molecule has 1 N–H and O–H groups in total. The molecule has 26 heavy (non-hydrogen) atoms. The van der Waals surface area contributed by atoms with Gasteiger partial charge in [-0.2, -0.15) is 0 Å². The molecule has 0 unspecified atom stereocenters. The van der Waals surface area contributed by atoms with Gasteiger partial charge in [-0.3, -0.25) is 4.79 Å². The number of carboxylic acids is 1. The van der Waals surface area contributed by atoms with Crippen LogP contribution in [0.15, 0.2) is 11.4 Å².